The predicted octanol–water partition coefficient (Wildman–Crippen LogP) is 0.798. The highest BCUT2D eigenvalue weighted by atomic mass is 16.7. The molecule has 3 heterocycles. The smallest absolute Gasteiger partial charge is 0.314 e. The van der Waals surface area contributed by atoms with Gasteiger partial charge in [-0.15, -0.1) is 0 Å². The van der Waals surface area contributed by atoms with Crippen LogP contribution in [-0.2, 0) is 4.79 Å². The molecule has 22 heavy (non-hydrogen) atoms. The minimum atomic E-state index is -0.996. The Labute approximate surface area is 124 Å². The predicted molar refractivity (Wildman–Crippen MR) is 72.4 cm³/mol. The summed E-state index contributed by atoms with van der Waals surface area (Å²) in [6, 6.07) is 4.70. The molecule has 0 saturated carbocycles. The van der Waals surface area contributed by atoms with Gasteiger partial charge in [-0.1, -0.05) is 17.2 Å². The number of para-hydroxylation sites is 1. The van der Waals surface area contributed by atoms with E-state index < -0.39 is 17.9 Å². The fourth-order valence-corrected chi connectivity index (χ4v) is 2.85. The topological polar surface area (TPSA) is 112 Å². The largest absolute Gasteiger partial charge is 0.481 e. The number of nitrogens with zero attached hydrogens (tertiary/aromatic N) is 5. The van der Waals surface area contributed by atoms with Gasteiger partial charge in [0.15, 0.2) is 11.5 Å². The third-order valence-corrected chi connectivity index (χ3v) is 3.79. The molecule has 0 amide bonds. The summed E-state index contributed by atoms with van der Waals surface area (Å²) in [4.78, 5) is 15.9. The Morgan fingerprint density at radius 2 is 2.27 bits per heavy atom. The molecule has 0 spiro atoms. The van der Waals surface area contributed by atoms with E-state index >= 15 is 0 Å². The van der Waals surface area contributed by atoms with Gasteiger partial charge >= 0.3 is 5.97 Å². The Kier molecular flexibility index (Phi) is 2.62. The molecular formula is C13H11N5O4. The molecule has 0 bridgehead atoms. The number of tetrazole rings is 1. The molecule has 1 aromatic heterocycles. The van der Waals surface area contributed by atoms with Crippen molar-refractivity contribution >= 4 is 17.6 Å². The lowest BCUT2D eigenvalue weighted by molar-refractivity contribution is -0.140. The van der Waals surface area contributed by atoms with Crippen LogP contribution >= 0.6 is 0 Å². The number of ether oxygens (including phenoxy) is 2. The second-order valence-electron chi connectivity index (χ2n) is 5.02. The second-order valence-corrected chi connectivity index (χ2v) is 5.02. The molecule has 2 aromatic rings. The Bertz CT molecular complexity index is 799. The SMILES string of the molecule is CC1=Nc2nnnn2C(c2cccc3c2OCO3)C1C(=O)O. The molecule has 4 rings (SSSR count). The van der Waals surface area contributed by atoms with Crippen LogP contribution in [0.2, 0.25) is 0 Å². The Morgan fingerprint density at radius 3 is 3.09 bits per heavy atom. The zero-order valence-corrected chi connectivity index (χ0v) is 11.5. The molecule has 0 radical (unpaired) electrons. The Balaban J connectivity index is 1.94. The lowest BCUT2D eigenvalue weighted by Gasteiger charge is -2.28. The van der Waals surface area contributed by atoms with Gasteiger partial charge in [0, 0.05) is 11.3 Å². The summed E-state index contributed by atoms with van der Waals surface area (Å²) in [6.07, 6.45) is 0. The first kappa shape index (κ1) is 12.7. The van der Waals surface area contributed by atoms with Crippen LogP contribution in [0.15, 0.2) is 23.2 Å². The van der Waals surface area contributed by atoms with Gasteiger partial charge in [-0.25, -0.2) is 9.67 Å². The van der Waals surface area contributed by atoms with Gasteiger partial charge in [0.05, 0.1) is 0 Å². The van der Waals surface area contributed by atoms with E-state index in [-0.39, 0.29) is 12.7 Å². The van der Waals surface area contributed by atoms with E-state index in [0.717, 1.165) is 0 Å². The third-order valence-electron chi connectivity index (χ3n) is 3.79. The van der Waals surface area contributed by atoms with Crippen molar-refractivity contribution < 1.29 is 19.4 Å². The van der Waals surface area contributed by atoms with Crippen molar-refractivity contribution in [1.29, 1.82) is 0 Å². The first-order valence-electron chi connectivity index (χ1n) is 6.61. The van der Waals surface area contributed by atoms with Crippen molar-refractivity contribution in [3.63, 3.8) is 0 Å². The maximum Gasteiger partial charge on any atom is 0.314 e. The highest BCUT2D eigenvalue weighted by Gasteiger charge is 2.41. The van der Waals surface area contributed by atoms with Crippen LogP contribution in [0.1, 0.15) is 18.5 Å². The molecule has 9 heteroatoms. The van der Waals surface area contributed by atoms with Gasteiger partial charge in [-0.2, -0.15) is 0 Å². The van der Waals surface area contributed by atoms with Gasteiger partial charge < -0.3 is 14.6 Å². The van der Waals surface area contributed by atoms with Crippen molar-refractivity contribution in [3.05, 3.63) is 23.8 Å². The molecule has 2 aliphatic heterocycles. The van der Waals surface area contributed by atoms with E-state index in [0.29, 0.717) is 22.8 Å². The normalized spacial score (nSPS) is 22.1. The number of benzene rings is 1. The lowest BCUT2D eigenvalue weighted by atomic mass is 9.88. The van der Waals surface area contributed by atoms with Crippen molar-refractivity contribution in [2.75, 3.05) is 6.79 Å². The lowest BCUT2D eigenvalue weighted by Crippen LogP contribution is -2.36. The summed E-state index contributed by atoms with van der Waals surface area (Å²) in [5, 5.41) is 20.9. The van der Waals surface area contributed by atoms with Crippen LogP contribution in [0.3, 0.4) is 0 Å². The average Bonchev–Trinajstić information content (AvgIpc) is 3.13. The highest BCUT2D eigenvalue weighted by Crippen LogP contribution is 2.44. The molecule has 2 atom stereocenters. The number of rotatable bonds is 2. The van der Waals surface area contributed by atoms with Crippen molar-refractivity contribution in [2.24, 2.45) is 10.9 Å². The third kappa shape index (κ3) is 1.68. The second kappa shape index (κ2) is 4.52. The van der Waals surface area contributed by atoms with Crippen LogP contribution in [-0.4, -0.2) is 43.8 Å². The van der Waals surface area contributed by atoms with E-state index in [1.807, 2.05) is 0 Å². The van der Waals surface area contributed by atoms with E-state index in [9.17, 15) is 9.90 Å². The summed E-state index contributed by atoms with van der Waals surface area (Å²) >= 11 is 0. The van der Waals surface area contributed by atoms with Crippen LogP contribution in [0.25, 0.3) is 0 Å². The molecule has 1 aromatic carbocycles. The molecule has 0 aliphatic carbocycles. The van der Waals surface area contributed by atoms with E-state index in [2.05, 4.69) is 20.5 Å². The quantitative estimate of drug-likeness (QED) is 0.873. The fourth-order valence-electron chi connectivity index (χ4n) is 2.85. The van der Waals surface area contributed by atoms with Crippen LogP contribution in [0.5, 0.6) is 11.5 Å². The molecule has 0 saturated heterocycles. The van der Waals surface area contributed by atoms with Crippen LogP contribution < -0.4 is 9.47 Å². The summed E-state index contributed by atoms with van der Waals surface area (Å²) in [7, 11) is 0. The zero-order chi connectivity index (χ0) is 15.3. The number of aliphatic imine (C=N–C) groups is 1. The maximum atomic E-state index is 11.7. The molecule has 2 aliphatic rings. The molecule has 112 valence electrons. The van der Waals surface area contributed by atoms with Crippen LogP contribution in [0, 0.1) is 5.92 Å². The van der Waals surface area contributed by atoms with E-state index in [1.165, 1.54) is 4.68 Å². The molecule has 2 unspecified atom stereocenters. The van der Waals surface area contributed by atoms with Crippen molar-refractivity contribution in [3.8, 4) is 11.5 Å². The number of fused-ring (bicyclic) bond motifs is 2. The summed E-state index contributed by atoms with van der Waals surface area (Å²) < 4.78 is 12.3. The van der Waals surface area contributed by atoms with E-state index in [4.69, 9.17) is 9.47 Å². The minimum absolute atomic E-state index is 0.104. The Hall–Kier alpha value is -2.97. The van der Waals surface area contributed by atoms with Gasteiger partial charge in [-0.05, 0) is 23.4 Å². The molecule has 1 N–H and O–H groups in total. The first-order chi connectivity index (χ1) is 10.7. The average molecular weight is 301 g/mol. The summed E-state index contributed by atoms with van der Waals surface area (Å²) in [5.74, 6) is -0.501. The number of aliphatic carboxylic acids is 1. The number of hydrogen-bond donors (Lipinski definition) is 1. The van der Waals surface area contributed by atoms with Crippen molar-refractivity contribution in [1.82, 2.24) is 20.2 Å². The minimum Gasteiger partial charge on any atom is -0.481 e. The summed E-state index contributed by atoms with van der Waals surface area (Å²) in [6.45, 7) is 1.76. The number of hydrogen-bond acceptors (Lipinski definition) is 7. The van der Waals surface area contributed by atoms with E-state index in [1.54, 1.807) is 25.1 Å². The van der Waals surface area contributed by atoms with Crippen molar-refractivity contribution in [2.45, 2.75) is 13.0 Å². The zero-order valence-electron chi connectivity index (χ0n) is 11.5. The maximum absolute atomic E-state index is 11.7. The summed E-state index contributed by atoms with van der Waals surface area (Å²) in [5.41, 5.74) is 1.10. The molecule has 0 fully saturated rings. The fraction of sp³-hybridized carbons (Fsp3) is 0.308. The monoisotopic (exact) mass is 301 g/mol. The van der Waals surface area contributed by atoms with Gasteiger partial charge in [0.25, 0.3) is 5.95 Å². The number of carboxylic acid groups (broad SMARTS) is 1. The molecule has 9 nitrogen and oxygen atoms in total. The number of carboxylic acids is 1. The number of carbonyl (C=O) groups is 1. The van der Waals surface area contributed by atoms with Crippen LogP contribution in [0.4, 0.5) is 5.95 Å². The standard InChI is InChI=1S/C13H11N5O4/c1-6-9(12(19)20)10(18-13(14-6)15-16-17-18)7-3-2-4-8-11(7)22-5-21-8/h2-4,9-10H,5H2,1H3,(H,19,20). The number of aromatic nitrogens is 4. The van der Waals surface area contributed by atoms with Gasteiger partial charge in [0.1, 0.15) is 12.0 Å². The van der Waals surface area contributed by atoms with Gasteiger partial charge in [-0.3, -0.25) is 4.79 Å². The van der Waals surface area contributed by atoms with Gasteiger partial charge in [0.2, 0.25) is 6.79 Å². The Morgan fingerprint density at radius 1 is 1.41 bits per heavy atom. The first-order valence-corrected chi connectivity index (χ1v) is 6.61. The molecular weight excluding hydrogens is 290 g/mol. The highest BCUT2D eigenvalue weighted by molar-refractivity contribution is 6.02.